The standard InChI is InChI=1S/C34H34N4O2.C3H8/c1-4-6-10-24(5-2)33-36-31-18-15-27(22-30(31)34(35-3)37-33)26-11-9-12-29(21-26)40-23-32(39)25-13-16-28(17-14-25)38-19-7-8-20-38;1-3-2/h4-6,9-18,21-22H,2,7-8,19-20,23H2,1,3H3,(H,35,36,37);3H2,1-2H3/b6-4-,24-10+;. The van der Waals surface area contributed by atoms with Crippen molar-refractivity contribution in [3.8, 4) is 16.9 Å². The quantitative estimate of drug-likeness (QED) is 0.151. The summed E-state index contributed by atoms with van der Waals surface area (Å²) in [5.41, 5.74) is 5.50. The van der Waals surface area contributed by atoms with Crippen LogP contribution in [0.3, 0.4) is 0 Å². The molecular weight excluding hydrogens is 532 g/mol. The number of carbonyl (C=O) groups is 1. The maximum atomic E-state index is 12.8. The minimum Gasteiger partial charge on any atom is -0.485 e. The molecule has 1 aromatic heterocycles. The van der Waals surface area contributed by atoms with Gasteiger partial charge in [0.1, 0.15) is 11.6 Å². The molecule has 1 fully saturated rings. The normalized spacial score (nSPS) is 13.1. The minimum absolute atomic E-state index is 0.0167. The SMILES string of the molecule is C=C/C(=C\C=C/C)c1nc(NC)c2cc(-c3cccc(OCC(=O)c4ccc(N5CCCC5)cc4)c3)ccc2n1.CCC. The van der Waals surface area contributed by atoms with Crippen molar-refractivity contribution in [2.45, 2.75) is 40.0 Å². The van der Waals surface area contributed by atoms with Crippen LogP contribution < -0.4 is 15.0 Å². The Morgan fingerprint density at radius 2 is 1.72 bits per heavy atom. The van der Waals surface area contributed by atoms with Crippen LogP contribution >= 0.6 is 0 Å². The lowest BCUT2D eigenvalue weighted by molar-refractivity contribution is 0.0921. The fourth-order valence-electron chi connectivity index (χ4n) is 4.89. The molecular formula is C37H42N4O2. The molecule has 0 amide bonds. The first-order chi connectivity index (χ1) is 21.0. The monoisotopic (exact) mass is 574 g/mol. The van der Waals surface area contributed by atoms with E-state index in [9.17, 15) is 4.79 Å². The average molecular weight is 575 g/mol. The van der Waals surface area contributed by atoms with E-state index in [2.05, 4.69) is 36.7 Å². The number of rotatable bonds is 10. The van der Waals surface area contributed by atoms with Crippen LogP contribution in [0.2, 0.25) is 0 Å². The molecule has 0 bridgehead atoms. The van der Waals surface area contributed by atoms with Crippen molar-refractivity contribution in [3.05, 3.63) is 109 Å². The van der Waals surface area contributed by atoms with Gasteiger partial charge in [-0.25, -0.2) is 9.97 Å². The zero-order chi connectivity index (χ0) is 30.6. The molecule has 1 aliphatic rings. The summed E-state index contributed by atoms with van der Waals surface area (Å²) in [6.07, 6.45) is 11.3. The van der Waals surface area contributed by atoms with E-state index >= 15 is 0 Å². The second-order valence-corrected chi connectivity index (χ2v) is 10.4. The van der Waals surface area contributed by atoms with Crippen LogP contribution in [0.15, 0.2) is 97.6 Å². The van der Waals surface area contributed by atoms with Crippen molar-refractivity contribution in [1.82, 2.24) is 9.97 Å². The van der Waals surface area contributed by atoms with E-state index < -0.39 is 0 Å². The molecule has 3 aromatic carbocycles. The number of ketones is 1. The smallest absolute Gasteiger partial charge is 0.200 e. The minimum atomic E-state index is -0.0435. The fraction of sp³-hybridized carbons (Fsp3) is 0.270. The number of nitrogens with one attached hydrogen (secondary N) is 1. The number of fused-ring (bicyclic) bond motifs is 1. The largest absolute Gasteiger partial charge is 0.485 e. The number of carbonyl (C=O) groups excluding carboxylic acids is 1. The van der Waals surface area contributed by atoms with Crippen LogP contribution in [0.4, 0.5) is 11.5 Å². The second-order valence-electron chi connectivity index (χ2n) is 10.4. The summed E-state index contributed by atoms with van der Waals surface area (Å²) in [5, 5.41) is 4.12. The van der Waals surface area contributed by atoms with Crippen LogP contribution in [0.5, 0.6) is 5.75 Å². The first kappa shape index (κ1) is 31.2. The summed E-state index contributed by atoms with van der Waals surface area (Å²) >= 11 is 0. The maximum absolute atomic E-state index is 12.8. The van der Waals surface area contributed by atoms with Crippen molar-refractivity contribution in [2.75, 3.05) is 37.0 Å². The van der Waals surface area contributed by atoms with Crippen molar-refractivity contribution in [3.63, 3.8) is 0 Å². The van der Waals surface area contributed by atoms with Gasteiger partial charge in [0.15, 0.2) is 18.2 Å². The van der Waals surface area contributed by atoms with Crippen LogP contribution in [0.1, 0.15) is 56.2 Å². The Morgan fingerprint density at radius 1 is 1.00 bits per heavy atom. The molecule has 1 aliphatic heterocycles. The zero-order valence-corrected chi connectivity index (χ0v) is 25.8. The van der Waals surface area contributed by atoms with E-state index in [-0.39, 0.29) is 12.4 Å². The van der Waals surface area contributed by atoms with Crippen molar-refractivity contribution in [1.29, 1.82) is 0 Å². The summed E-state index contributed by atoms with van der Waals surface area (Å²) < 4.78 is 5.92. The first-order valence-electron chi connectivity index (χ1n) is 15.1. The lowest BCUT2D eigenvalue weighted by Gasteiger charge is -2.17. The second kappa shape index (κ2) is 15.5. The number of nitrogens with zero attached hydrogens (tertiary/aromatic N) is 3. The highest BCUT2D eigenvalue weighted by Crippen LogP contribution is 2.30. The van der Waals surface area contributed by atoms with Crippen molar-refractivity contribution >= 4 is 33.8 Å². The van der Waals surface area contributed by atoms with Crippen LogP contribution in [0.25, 0.3) is 27.6 Å². The topological polar surface area (TPSA) is 67.4 Å². The Balaban J connectivity index is 0.00000135. The predicted octanol–water partition coefficient (Wildman–Crippen LogP) is 8.76. The zero-order valence-electron chi connectivity index (χ0n) is 25.8. The van der Waals surface area contributed by atoms with E-state index in [0.29, 0.717) is 17.1 Å². The summed E-state index contributed by atoms with van der Waals surface area (Å²) in [7, 11) is 1.85. The highest BCUT2D eigenvalue weighted by Gasteiger charge is 2.14. The molecule has 1 saturated heterocycles. The first-order valence-corrected chi connectivity index (χ1v) is 15.1. The molecule has 4 aromatic rings. The van der Waals surface area contributed by atoms with Gasteiger partial charge in [-0.3, -0.25) is 4.79 Å². The maximum Gasteiger partial charge on any atom is 0.200 e. The Hall–Kier alpha value is -4.71. The molecule has 0 radical (unpaired) electrons. The number of allylic oxidation sites excluding steroid dienone is 5. The number of benzene rings is 3. The van der Waals surface area contributed by atoms with Gasteiger partial charge >= 0.3 is 0 Å². The van der Waals surface area contributed by atoms with Crippen molar-refractivity contribution in [2.24, 2.45) is 0 Å². The number of hydrogen-bond donors (Lipinski definition) is 1. The van der Waals surface area contributed by atoms with Gasteiger partial charge in [-0.05, 0) is 79.4 Å². The lowest BCUT2D eigenvalue weighted by atomic mass is 10.0. The number of Topliss-reactive ketones (excluding diaryl/α,β-unsaturated/α-hetero) is 1. The molecule has 0 spiro atoms. The third-order valence-corrected chi connectivity index (χ3v) is 7.08. The van der Waals surface area contributed by atoms with Crippen molar-refractivity contribution < 1.29 is 9.53 Å². The molecule has 6 nitrogen and oxygen atoms in total. The summed E-state index contributed by atoms with van der Waals surface area (Å²) in [4.78, 5) is 24.7. The molecule has 222 valence electrons. The van der Waals surface area contributed by atoms with Gasteiger partial charge in [0.25, 0.3) is 0 Å². The molecule has 0 saturated carbocycles. The van der Waals surface area contributed by atoms with Gasteiger partial charge in [0.05, 0.1) is 5.52 Å². The number of hydrogen-bond acceptors (Lipinski definition) is 6. The molecule has 6 heteroatoms. The molecule has 0 unspecified atom stereocenters. The van der Waals surface area contributed by atoms with Gasteiger partial charge in [0.2, 0.25) is 0 Å². The van der Waals surface area contributed by atoms with Crippen LogP contribution in [0, 0.1) is 0 Å². The summed E-state index contributed by atoms with van der Waals surface area (Å²) in [5.74, 6) is 1.95. The van der Waals surface area contributed by atoms with Gasteiger partial charge in [-0.1, -0.05) is 69.4 Å². The predicted molar refractivity (Wildman–Crippen MR) is 181 cm³/mol. The van der Waals surface area contributed by atoms with Crippen LogP contribution in [-0.4, -0.2) is 42.5 Å². The third kappa shape index (κ3) is 7.98. The fourth-order valence-corrected chi connectivity index (χ4v) is 4.89. The highest BCUT2D eigenvalue weighted by atomic mass is 16.5. The third-order valence-electron chi connectivity index (χ3n) is 7.08. The van der Waals surface area contributed by atoms with Crippen LogP contribution in [-0.2, 0) is 0 Å². The lowest BCUT2D eigenvalue weighted by Crippen LogP contribution is -2.17. The van der Waals surface area contributed by atoms with E-state index in [4.69, 9.17) is 14.7 Å². The molecule has 1 N–H and O–H groups in total. The van der Waals surface area contributed by atoms with E-state index in [1.807, 2.05) is 92.9 Å². The number of ether oxygens (including phenoxy) is 1. The van der Waals surface area contributed by atoms with E-state index in [0.717, 1.165) is 46.5 Å². The summed E-state index contributed by atoms with van der Waals surface area (Å²) in [6, 6.07) is 21.7. The average Bonchev–Trinajstić information content (AvgIpc) is 3.59. The molecule has 0 aliphatic carbocycles. The van der Waals surface area contributed by atoms with Gasteiger partial charge in [-0.2, -0.15) is 0 Å². The van der Waals surface area contributed by atoms with E-state index in [1.165, 1.54) is 24.9 Å². The van der Waals surface area contributed by atoms with Gasteiger partial charge in [-0.15, -0.1) is 0 Å². The molecule has 43 heavy (non-hydrogen) atoms. The Morgan fingerprint density at radius 3 is 2.40 bits per heavy atom. The molecule has 2 heterocycles. The Kier molecular flexibility index (Phi) is 11.3. The number of aromatic nitrogens is 2. The number of anilines is 2. The van der Waals surface area contributed by atoms with Gasteiger partial charge in [0, 0.05) is 42.3 Å². The van der Waals surface area contributed by atoms with Gasteiger partial charge < -0.3 is 15.0 Å². The Labute approximate surface area is 255 Å². The summed E-state index contributed by atoms with van der Waals surface area (Å²) in [6.45, 7) is 12.3. The molecule has 5 rings (SSSR count). The van der Waals surface area contributed by atoms with E-state index in [1.54, 1.807) is 6.08 Å². The highest BCUT2D eigenvalue weighted by molar-refractivity contribution is 5.97. The molecule has 0 atom stereocenters. The Bertz CT molecular complexity index is 1600.